The van der Waals surface area contributed by atoms with Gasteiger partial charge in [0.1, 0.15) is 11.6 Å². The van der Waals surface area contributed by atoms with Crippen molar-refractivity contribution in [2.45, 2.75) is 6.54 Å². The molecule has 0 aliphatic heterocycles. The number of nitro benzene ring substituents is 2. The topological polar surface area (TPSA) is 148 Å². The van der Waals surface area contributed by atoms with E-state index in [-0.39, 0.29) is 39.2 Å². The molecule has 3 aromatic rings. The van der Waals surface area contributed by atoms with Crippen LogP contribution in [0.4, 0.5) is 11.4 Å². The van der Waals surface area contributed by atoms with Crippen LogP contribution in [0.3, 0.4) is 0 Å². The highest BCUT2D eigenvalue weighted by Gasteiger charge is 2.23. The van der Waals surface area contributed by atoms with Gasteiger partial charge in [-0.3, -0.25) is 25.0 Å². The fourth-order valence-corrected chi connectivity index (χ4v) is 3.48. The predicted octanol–water partition coefficient (Wildman–Crippen LogP) is 5.83. The summed E-state index contributed by atoms with van der Waals surface area (Å²) in [6, 6.07) is 16.3. The summed E-state index contributed by atoms with van der Waals surface area (Å²) in [5.74, 6) is -1.16. The molecular weight excluding hydrogens is 499 g/mol. The Bertz CT molecular complexity index is 1390. The number of nitrogens with zero attached hydrogens (tertiary/aromatic N) is 3. The molecule has 3 rings (SSSR count). The zero-order valence-electron chi connectivity index (χ0n) is 17.6. The highest BCUT2D eigenvalue weighted by Crippen LogP contribution is 2.40. The lowest BCUT2D eigenvalue weighted by atomic mass is 10.1. The molecule has 0 unspecified atom stereocenters. The van der Waals surface area contributed by atoms with Crippen LogP contribution in [-0.4, -0.2) is 15.8 Å². The number of carbonyl (C=O) groups is 1. The second-order valence-electron chi connectivity index (χ2n) is 6.91. The fourth-order valence-electron chi connectivity index (χ4n) is 2.93. The van der Waals surface area contributed by atoms with Gasteiger partial charge in [0.15, 0.2) is 5.75 Å². The van der Waals surface area contributed by atoms with Crippen molar-refractivity contribution < 1.29 is 19.4 Å². The lowest BCUT2D eigenvalue weighted by Gasteiger charge is -2.12. The van der Waals surface area contributed by atoms with E-state index >= 15 is 0 Å². The zero-order chi connectivity index (χ0) is 25.5. The van der Waals surface area contributed by atoms with Gasteiger partial charge in [0.2, 0.25) is 5.75 Å². The molecule has 0 saturated heterocycles. The van der Waals surface area contributed by atoms with Crippen LogP contribution in [-0.2, 0) is 11.3 Å². The number of non-ortho nitro benzene ring substituents is 1. The number of nitrogens with one attached hydrogen (secondary N) is 1. The minimum atomic E-state index is -0.848. The van der Waals surface area contributed by atoms with E-state index in [9.17, 15) is 30.3 Å². The minimum absolute atomic E-state index is 0.0709. The van der Waals surface area contributed by atoms with Crippen LogP contribution < -0.4 is 10.1 Å². The van der Waals surface area contributed by atoms with Gasteiger partial charge < -0.3 is 10.1 Å². The number of halogens is 2. The molecule has 0 aromatic heterocycles. The highest BCUT2D eigenvalue weighted by molar-refractivity contribution is 6.36. The average molecular weight is 513 g/mol. The number of ether oxygens (including phenoxy) is 1. The van der Waals surface area contributed by atoms with Gasteiger partial charge in [-0.05, 0) is 29.8 Å². The Balaban J connectivity index is 1.98. The van der Waals surface area contributed by atoms with Crippen LogP contribution in [0.1, 0.15) is 11.1 Å². The van der Waals surface area contributed by atoms with Gasteiger partial charge in [-0.25, -0.2) is 0 Å². The van der Waals surface area contributed by atoms with Crippen LogP contribution in [0.25, 0.3) is 6.08 Å². The van der Waals surface area contributed by atoms with Gasteiger partial charge in [-0.15, -0.1) is 0 Å². The summed E-state index contributed by atoms with van der Waals surface area (Å²) in [6.07, 6.45) is 1.17. The number of hydrogen-bond acceptors (Lipinski definition) is 7. The number of hydrogen-bond donors (Lipinski definition) is 1. The van der Waals surface area contributed by atoms with Crippen molar-refractivity contribution in [3.05, 3.63) is 108 Å². The number of nitro groups is 2. The quantitative estimate of drug-likeness (QED) is 0.173. The molecule has 176 valence electrons. The summed E-state index contributed by atoms with van der Waals surface area (Å²) in [5.41, 5.74) is -0.586. The van der Waals surface area contributed by atoms with Crippen molar-refractivity contribution in [1.29, 1.82) is 5.26 Å². The number of benzene rings is 3. The molecule has 35 heavy (non-hydrogen) atoms. The van der Waals surface area contributed by atoms with Gasteiger partial charge in [0, 0.05) is 23.2 Å². The number of carbonyl (C=O) groups excluding carboxylic acids is 1. The average Bonchev–Trinajstić information content (AvgIpc) is 2.83. The van der Waals surface area contributed by atoms with Gasteiger partial charge in [-0.1, -0.05) is 53.5 Å². The Morgan fingerprint density at radius 1 is 1.06 bits per heavy atom. The summed E-state index contributed by atoms with van der Waals surface area (Å²) < 4.78 is 5.64. The minimum Gasteiger partial charge on any atom is -0.448 e. The lowest BCUT2D eigenvalue weighted by Crippen LogP contribution is -2.23. The summed E-state index contributed by atoms with van der Waals surface area (Å²) in [4.78, 5) is 33.4. The maximum absolute atomic E-state index is 12.6. The van der Waals surface area contributed by atoms with Crippen molar-refractivity contribution in [2.24, 2.45) is 0 Å². The van der Waals surface area contributed by atoms with Crippen LogP contribution >= 0.6 is 23.2 Å². The highest BCUT2D eigenvalue weighted by atomic mass is 35.5. The lowest BCUT2D eigenvalue weighted by molar-refractivity contribution is -0.394. The third kappa shape index (κ3) is 6.32. The van der Waals surface area contributed by atoms with Crippen molar-refractivity contribution in [3.8, 4) is 17.6 Å². The third-order valence-electron chi connectivity index (χ3n) is 4.56. The predicted molar refractivity (Wildman–Crippen MR) is 128 cm³/mol. The molecule has 0 radical (unpaired) electrons. The molecular formula is C23H14Cl2N4O6. The first-order valence-corrected chi connectivity index (χ1v) is 10.5. The Morgan fingerprint density at radius 2 is 1.77 bits per heavy atom. The Hall–Kier alpha value is -4.46. The van der Waals surface area contributed by atoms with Crippen LogP contribution in [0.2, 0.25) is 10.0 Å². The largest absolute Gasteiger partial charge is 0.448 e. The monoisotopic (exact) mass is 512 g/mol. The Labute approximate surface area is 208 Å². The van der Waals surface area contributed by atoms with E-state index in [0.717, 1.165) is 23.8 Å². The summed E-state index contributed by atoms with van der Waals surface area (Å²) in [7, 11) is 0. The molecule has 0 bridgehead atoms. The van der Waals surface area contributed by atoms with Crippen molar-refractivity contribution >= 4 is 46.6 Å². The number of amides is 1. The third-order valence-corrected chi connectivity index (χ3v) is 5.06. The van der Waals surface area contributed by atoms with E-state index in [1.165, 1.54) is 18.2 Å². The molecule has 12 heteroatoms. The molecule has 1 N–H and O–H groups in total. The van der Waals surface area contributed by atoms with E-state index in [2.05, 4.69) is 5.32 Å². The summed E-state index contributed by atoms with van der Waals surface area (Å²) in [6.45, 7) is 0.174. The van der Waals surface area contributed by atoms with Crippen LogP contribution in [0, 0.1) is 31.6 Å². The molecule has 3 aromatic carbocycles. The van der Waals surface area contributed by atoms with Gasteiger partial charge in [-0.2, -0.15) is 5.26 Å². The van der Waals surface area contributed by atoms with Crippen molar-refractivity contribution in [2.75, 3.05) is 0 Å². The van der Waals surface area contributed by atoms with E-state index in [4.69, 9.17) is 27.9 Å². The molecule has 0 saturated carbocycles. The van der Waals surface area contributed by atoms with Gasteiger partial charge >= 0.3 is 5.69 Å². The first-order chi connectivity index (χ1) is 16.7. The number of rotatable bonds is 8. The molecule has 0 aliphatic rings. The zero-order valence-corrected chi connectivity index (χ0v) is 19.1. The fraction of sp³-hybridized carbons (Fsp3) is 0.0435. The van der Waals surface area contributed by atoms with Crippen molar-refractivity contribution in [3.63, 3.8) is 0 Å². The molecule has 0 spiro atoms. The van der Waals surface area contributed by atoms with Crippen molar-refractivity contribution in [1.82, 2.24) is 5.32 Å². The molecule has 1 amide bonds. The van der Waals surface area contributed by atoms with Gasteiger partial charge in [0.25, 0.3) is 11.6 Å². The number of nitriles is 1. The summed E-state index contributed by atoms with van der Waals surface area (Å²) >= 11 is 12.3. The first kappa shape index (κ1) is 25.2. The molecule has 0 fully saturated rings. The standard InChI is InChI=1S/C23H14Cl2N4O6/c24-17-9-15(8-16(12-26)23(30)27-13-14-4-2-1-3-5-14)22(19(25)10-17)35-21-7-6-18(28(31)32)11-20(21)29(33)34/h1-11H,13H2,(H,27,30)/b16-8+. The van der Waals surface area contributed by atoms with E-state index < -0.39 is 27.1 Å². The second kappa shape index (κ2) is 11.1. The smallest absolute Gasteiger partial charge is 0.318 e. The van der Waals surface area contributed by atoms with Crippen LogP contribution in [0.15, 0.2) is 66.2 Å². The molecule has 0 aliphatic carbocycles. The normalized spacial score (nSPS) is 10.8. The van der Waals surface area contributed by atoms with E-state index in [1.54, 1.807) is 30.3 Å². The van der Waals surface area contributed by atoms with E-state index in [0.29, 0.717) is 0 Å². The molecule has 0 atom stereocenters. The van der Waals surface area contributed by atoms with E-state index in [1.807, 2.05) is 6.07 Å². The molecule has 0 heterocycles. The Kier molecular flexibility index (Phi) is 7.99. The van der Waals surface area contributed by atoms with Gasteiger partial charge in [0.05, 0.1) is 20.9 Å². The Morgan fingerprint density at radius 3 is 2.40 bits per heavy atom. The molecule has 10 nitrogen and oxygen atoms in total. The summed E-state index contributed by atoms with van der Waals surface area (Å²) in [5, 5.41) is 34.7. The maximum atomic E-state index is 12.6. The first-order valence-electron chi connectivity index (χ1n) is 9.73. The second-order valence-corrected chi connectivity index (χ2v) is 7.76. The maximum Gasteiger partial charge on any atom is 0.318 e. The SMILES string of the molecule is N#C/C(=C\c1cc(Cl)cc(Cl)c1Oc1ccc([N+](=O)[O-])cc1[N+](=O)[O-])C(=O)NCc1ccccc1. The van der Waals surface area contributed by atoms with Crippen LogP contribution in [0.5, 0.6) is 11.5 Å².